The second-order valence-electron chi connectivity index (χ2n) is 4.95. The molecule has 24 heavy (non-hydrogen) atoms. The summed E-state index contributed by atoms with van der Waals surface area (Å²) in [6.07, 6.45) is 0. The third kappa shape index (κ3) is 4.87. The molecule has 0 radical (unpaired) electrons. The average Bonchev–Trinajstić information content (AvgIpc) is 2.57. The predicted molar refractivity (Wildman–Crippen MR) is 99.1 cm³/mol. The van der Waals surface area contributed by atoms with Gasteiger partial charge in [-0.25, -0.2) is 0 Å². The second-order valence-corrected chi connectivity index (χ2v) is 7.07. The Labute approximate surface area is 153 Å². The Bertz CT molecular complexity index is 771. The topological polar surface area (TPSA) is 72.2 Å². The molecule has 8 heteroatoms. The zero-order chi connectivity index (χ0) is 17.7. The van der Waals surface area contributed by atoms with Crippen LogP contribution in [0.1, 0.15) is 17.7 Å². The van der Waals surface area contributed by atoms with Gasteiger partial charge in [-0.05, 0) is 24.6 Å². The van der Waals surface area contributed by atoms with E-state index in [0.717, 1.165) is 5.56 Å². The Morgan fingerprint density at radius 3 is 2.71 bits per heavy atom. The van der Waals surface area contributed by atoms with Crippen LogP contribution in [0.5, 0.6) is 0 Å². The molecule has 0 fully saturated rings. The first kappa shape index (κ1) is 18.6. The lowest BCUT2D eigenvalue weighted by Crippen LogP contribution is -2.15. The molecule has 0 spiro atoms. The van der Waals surface area contributed by atoms with Crippen LogP contribution in [0.25, 0.3) is 0 Å². The number of non-ortho nitro benzene ring substituents is 1. The monoisotopic (exact) mass is 384 g/mol. The van der Waals surface area contributed by atoms with Crippen molar-refractivity contribution in [2.24, 2.45) is 0 Å². The number of carbonyl (C=O) groups is 1. The van der Waals surface area contributed by atoms with Gasteiger partial charge in [-0.15, -0.1) is 11.8 Å². The fraction of sp³-hybridized carbons (Fsp3) is 0.188. The Balaban J connectivity index is 1.95. The van der Waals surface area contributed by atoms with E-state index in [4.69, 9.17) is 23.2 Å². The van der Waals surface area contributed by atoms with Gasteiger partial charge < -0.3 is 5.32 Å². The van der Waals surface area contributed by atoms with Crippen molar-refractivity contribution in [2.45, 2.75) is 12.2 Å². The molecule has 2 aromatic rings. The molecule has 0 aliphatic carbocycles. The lowest BCUT2D eigenvalue weighted by molar-refractivity contribution is -0.384. The SMILES string of the molecule is C[C@H](SCC(=O)Nc1cccc(Cl)c1Cl)c1cccc([N+](=O)[O-])c1. The maximum atomic E-state index is 12.0. The van der Waals surface area contributed by atoms with E-state index in [1.807, 2.05) is 6.92 Å². The number of nitro benzene ring substituents is 1. The Kier molecular flexibility index (Phi) is 6.48. The summed E-state index contributed by atoms with van der Waals surface area (Å²) in [5, 5.41) is 14.1. The third-order valence-electron chi connectivity index (χ3n) is 3.24. The first-order valence-corrected chi connectivity index (χ1v) is 8.78. The van der Waals surface area contributed by atoms with Gasteiger partial charge in [-0.2, -0.15) is 0 Å². The number of halogens is 2. The number of thioether (sulfide) groups is 1. The summed E-state index contributed by atoms with van der Waals surface area (Å²) < 4.78 is 0. The van der Waals surface area contributed by atoms with E-state index in [0.29, 0.717) is 15.7 Å². The molecule has 1 amide bonds. The smallest absolute Gasteiger partial charge is 0.269 e. The summed E-state index contributed by atoms with van der Waals surface area (Å²) >= 11 is 13.3. The van der Waals surface area contributed by atoms with Gasteiger partial charge in [0.1, 0.15) is 0 Å². The number of hydrogen-bond acceptors (Lipinski definition) is 4. The van der Waals surface area contributed by atoms with Gasteiger partial charge in [0.15, 0.2) is 0 Å². The molecule has 0 saturated heterocycles. The van der Waals surface area contributed by atoms with E-state index in [1.54, 1.807) is 30.3 Å². The van der Waals surface area contributed by atoms with Gasteiger partial charge in [-0.1, -0.05) is 41.4 Å². The number of nitro groups is 1. The minimum absolute atomic E-state index is 0.0371. The summed E-state index contributed by atoms with van der Waals surface area (Å²) in [6.45, 7) is 1.89. The minimum atomic E-state index is -0.436. The summed E-state index contributed by atoms with van der Waals surface area (Å²) in [6, 6.07) is 11.4. The first-order valence-electron chi connectivity index (χ1n) is 6.98. The molecule has 2 rings (SSSR count). The average molecular weight is 385 g/mol. The molecular formula is C16H14Cl2N2O3S. The van der Waals surface area contributed by atoms with Crippen LogP contribution >= 0.6 is 35.0 Å². The van der Waals surface area contributed by atoms with Gasteiger partial charge in [0.25, 0.3) is 5.69 Å². The van der Waals surface area contributed by atoms with E-state index in [9.17, 15) is 14.9 Å². The zero-order valence-corrected chi connectivity index (χ0v) is 15.0. The molecule has 1 atom stereocenters. The van der Waals surface area contributed by atoms with Gasteiger partial charge in [0, 0.05) is 17.4 Å². The molecule has 1 N–H and O–H groups in total. The number of amides is 1. The number of anilines is 1. The van der Waals surface area contributed by atoms with Crippen LogP contribution in [0.15, 0.2) is 42.5 Å². The van der Waals surface area contributed by atoms with Crippen molar-refractivity contribution in [2.75, 3.05) is 11.1 Å². The number of hydrogen-bond donors (Lipinski definition) is 1. The summed E-state index contributed by atoms with van der Waals surface area (Å²) in [5.41, 5.74) is 1.29. The van der Waals surface area contributed by atoms with Crippen molar-refractivity contribution in [1.82, 2.24) is 0 Å². The molecular weight excluding hydrogens is 371 g/mol. The number of benzene rings is 2. The Hall–Kier alpha value is -1.76. The fourth-order valence-corrected chi connectivity index (χ4v) is 3.14. The molecule has 0 heterocycles. The highest BCUT2D eigenvalue weighted by Gasteiger charge is 2.14. The van der Waals surface area contributed by atoms with Gasteiger partial charge in [0.2, 0.25) is 5.91 Å². The van der Waals surface area contributed by atoms with Crippen LogP contribution in [0, 0.1) is 10.1 Å². The zero-order valence-electron chi connectivity index (χ0n) is 12.7. The molecule has 0 saturated carbocycles. The van der Waals surface area contributed by atoms with Crippen LogP contribution in [0.4, 0.5) is 11.4 Å². The van der Waals surface area contributed by atoms with E-state index in [2.05, 4.69) is 5.32 Å². The standard InChI is InChI=1S/C16H14Cl2N2O3S/c1-10(11-4-2-5-12(8-11)20(22)23)24-9-15(21)19-14-7-3-6-13(17)16(14)18/h2-8,10H,9H2,1H3,(H,19,21)/t10-/m0/s1. The number of nitrogens with one attached hydrogen (secondary N) is 1. The quantitative estimate of drug-likeness (QED) is 0.539. The minimum Gasteiger partial charge on any atom is -0.324 e. The molecule has 126 valence electrons. The highest BCUT2D eigenvalue weighted by molar-refractivity contribution is 8.00. The lowest BCUT2D eigenvalue weighted by atomic mass is 10.1. The van der Waals surface area contributed by atoms with E-state index in [1.165, 1.54) is 23.9 Å². The number of nitrogens with zero attached hydrogens (tertiary/aromatic N) is 1. The van der Waals surface area contributed by atoms with Gasteiger partial charge >= 0.3 is 0 Å². The molecule has 0 aromatic heterocycles. The Morgan fingerprint density at radius 1 is 1.29 bits per heavy atom. The highest BCUT2D eigenvalue weighted by Crippen LogP contribution is 2.32. The van der Waals surface area contributed by atoms with Crippen LogP contribution in [-0.2, 0) is 4.79 Å². The summed E-state index contributed by atoms with van der Waals surface area (Å²) in [5.74, 6) is -0.0337. The number of carbonyl (C=O) groups excluding carboxylic acids is 1. The van der Waals surface area contributed by atoms with Crippen molar-refractivity contribution >= 4 is 52.2 Å². The van der Waals surface area contributed by atoms with Crippen LogP contribution in [-0.4, -0.2) is 16.6 Å². The first-order chi connectivity index (χ1) is 11.4. The maximum Gasteiger partial charge on any atom is 0.269 e. The van der Waals surface area contributed by atoms with E-state index >= 15 is 0 Å². The van der Waals surface area contributed by atoms with E-state index in [-0.39, 0.29) is 22.6 Å². The second kappa shape index (κ2) is 8.37. The van der Waals surface area contributed by atoms with E-state index < -0.39 is 4.92 Å². The van der Waals surface area contributed by atoms with Crippen LogP contribution in [0.2, 0.25) is 10.0 Å². The summed E-state index contributed by atoms with van der Waals surface area (Å²) in [4.78, 5) is 22.4. The Morgan fingerprint density at radius 2 is 2.00 bits per heavy atom. The van der Waals surface area contributed by atoms with Crippen LogP contribution in [0.3, 0.4) is 0 Å². The molecule has 0 bridgehead atoms. The van der Waals surface area contributed by atoms with Crippen LogP contribution < -0.4 is 5.32 Å². The van der Waals surface area contributed by atoms with Crippen molar-refractivity contribution in [3.05, 3.63) is 68.2 Å². The molecule has 5 nitrogen and oxygen atoms in total. The molecule has 2 aromatic carbocycles. The normalized spacial score (nSPS) is 11.8. The summed E-state index contributed by atoms with van der Waals surface area (Å²) in [7, 11) is 0. The predicted octanol–water partition coefficient (Wildman–Crippen LogP) is 5.33. The van der Waals surface area contributed by atoms with Crippen molar-refractivity contribution in [3.63, 3.8) is 0 Å². The largest absolute Gasteiger partial charge is 0.324 e. The van der Waals surface area contributed by atoms with Gasteiger partial charge in [-0.3, -0.25) is 14.9 Å². The molecule has 0 unspecified atom stereocenters. The molecule has 0 aliphatic rings. The molecule has 0 aliphatic heterocycles. The van der Waals surface area contributed by atoms with Crippen molar-refractivity contribution < 1.29 is 9.72 Å². The third-order valence-corrected chi connectivity index (χ3v) is 5.26. The number of rotatable bonds is 6. The lowest BCUT2D eigenvalue weighted by Gasteiger charge is -2.12. The van der Waals surface area contributed by atoms with Gasteiger partial charge in [0.05, 0.1) is 26.4 Å². The maximum absolute atomic E-state index is 12.0. The van der Waals surface area contributed by atoms with Crippen molar-refractivity contribution in [1.29, 1.82) is 0 Å². The van der Waals surface area contributed by atoms with Crippen molar-refractivity contribution in [3.8, 4) is 0 Å². The fourth-order valence-electron chi connectivity index (χ4n) is 1.97. The highest BCUT2D eigenvalue weighted by atomic mass is 35.5.